The van der Waals surface area contributed by atoms with Crippen molar-refractivity contribution in [1.29, 1.82) is 0 Å². The number of nitrogens with zero attached hydrogens (tertiary/aromatic N) is 2. The largest absolute Gasteiger partial charge is 0.469 e. The van der Waals surface area contributed by atoms with E-state index in [0.717, 1.165) is 18.6 Å². The van der Waals surface area contributed by atoms with Gasteiger partial charge in [-0.2, -0.15) is 0 Å². The van der Waals surface area contributed by atoms with E-state index in [1.54, 1.807) is 12.5 Å². The highest BCUT2D eigenvalue weighted by atomic mass is 35.5. The van der Waals surface area contributed by atoms with Crippen LogP contribution in [0.2, 0.25) is 5.02 Å². The molecule has 5 heteroatoms. The summed E-state index contributed by atoms with van der Waals surface area (Å²) in [6.45, 7) is 2.08. The van der Waals surface area contributed by atoms with Gasteiger partial charge in [-0.05, 0) is 25.5 Å². The Morgan fingerprint density at radius 3 is 3.12 bits per heavy atom. The first-order chi connectivity index (χ1) is 8.25. The van der Waals surface area contributed by atoms with E-state index >= 15 is 0 Å². The minimum Gasteiger partial charge on any atom is -0.469 e. The first-order valence-corrected chi connectivity index (χ1v) is 5.88. The van der Waals surface area contributed by atoms with Crippen molar-refractivity contribution in [2.75, 3.05) is 5.32 Å². The second-order valence-electron chi connectivity index (χ2n) is 3.88. The van der Waals surface area contributed by atoms with Gasteiger partial charge in [-0.3, -0.25) is 0 Å². The number of rotatable bonds is 5. The van der Waals surface area contributed by atoms with Crippen LogP contribution in [0, 0.1) is 0 Å². The van der Waals surface area contributed by atoms with Crippen LogP contribution in [0.3, 0.4) is 0 Å². The van der Waals surface area contributed by atoms with E-state index in [4.69, 9.17) is 16.0 Å². The van der Waals surface area contributed by atoms with Crippen LogP contribution in [0.1, 0.15) is 19.1 Å². The molecule has 0 amide bonds. The highest BCUT2D eigenvalue weighted by Crippen LogP contribution is 2.18. The quantitative estimate of drug-likeness (QED) is 0.887. The molecule has 90 valence electrons. The van der Waals surface area contributed by atoms with Crippen LogP contribution in [0.15, 0.2) is 35.3 Å². The maximum atomic E-state index is 5.96. The zero-order chi connectivity index (χ0) is 12.1. The minimum absolute atomic E-state index is 0.271. The number of aromatic nitrogens is 2. The Balaban J connectivity index is 1.85. The molecule has 2 heterocycles. The third kappa shape index (κ3) is 3.46. The van der Waals surface area contributed by atoms with E-state index in [2.05, 4.69) is 22.2 Å². The number of halogens is 1. The Hall–Kier alpha value is -1.55. The van der Waals surface area contributed by atoms with Gasteiger partial charge in [0.2, 0.25) is 0 Å². The third-order valence-electron chi connectivity index (χ3n) is 2.45. The fourth-order valence-electron chi connectivity index (χ4n) is 1.54. The molecule has 2 aromatic heterocycles. The molecule has 0 saturated carbocycles. The summed E-state index contributed by atoms with van der Waals surface area (Å²) in [7, 11) is 0. The fraction of sp³-hybridized carbons (Fsp3) is 0.333. The summed E-state index contributed by atoms with van der Waals surface area (Å²) in [5.41, 5.74) is 0. The normalized spacial score (nSPS) is 12.4. The second kappa shape index (κ2) is 5.68. The first kappa shape index (κ1) is 11.9. The van der Waals surface area contributed by atoms with Crippen molar-refractivity contribution in [3.63, 3.8) is 0 Å². The average molecular weight is 252 g/mol. The lowest BCUT2D eigenvalue weighted by Crippen LogP contribution is -2.17. The number of hydrogen-bond acceptors (Lipinski definition) is 4. The molecule has 1 unspecified atom stereocenters. The zero-order valence-corrected chi connectivity index (χ0v) is 10.3. The molecule has 0 aliphatic rings. The van der Waals surface area contributed by atoms with Crippen molar-refractivity contribution in [3.05, 3.63) is 41.7 Å². The molecule has 17 heavy (non-hydrogen) atoms. The highest BCUT2D eigenvalue weighted by Gasteiger charge is 2.07. The van der Waals surface area contributed by atoms with Gasteiger partial charge >= 0.3 is 0 Å². The molecule has 0 saturated heterocycles. The van der Waals surface area contributed by atoms with Crippen molar-refractivity contribution in [3.8, 4) is 0 Å². The lowest BCUT2D eigenvalue weighted by atomic mass is 10.1. The third-order valence-corrected chi connectivity index (χ3v) is 2.73. The van der Waals surface area contributed by atoms with Crippen molar-refractivity contribution in [2.45, 2.75) is 25.8 Å². The van der Waals surface area contributed by atoms with Crippen LogP contribution in [-0.2, 0) is 6.42 Å². The van der Waals surface area contributed by atoms with Gasteiger partial charge in [0.15, 0.2) is 0 Å². The van der Waals surface area contributed by atoms with E-state index in [9.17, 15) is 0 Å². The Morgan fingerprint density at radius 1 is 1.53 bits per heavy atom. The molecular formula is C12H14ClN3O. The molecule has 0 radical (unpaired) electrons. The molecule has 0 aromatic carbocycles. The van der Waals surface area contributed by atoms with Gasteiger partial charge in [0.25, 0.3) is 0 Å². The predicted molar refractivity (Wildman–Crippen MR) is 67.2 cm³/mol. The van der Waals surface area contributed by atoms with E-state index in [0.29, 0.717) is 10.8 Å². The fourth-order valence-corrected chi connectivity index (χ4v) is 1.70. The molecule has 1 N–H and O–H groups in total. The maximum Gasteiger partial charge on any atom is 0.148 e. The number of furan rings is 1. The molecule has 0 spiro atoms. The smallest absolute Gasteiger partial charge is 0.148 e. The maximum absolute atomic E-state index is 5.96. The first-order valence-electron chi connectivity index (χ1n) is 5.50. The van der Waals surface area contributed by atoms with E-state index in [1.165, 1.54) is 6.33 Å². The highest BCUT2D eigenvalue weighted by molar-refractivity contribution is 6.32. The van der Waals surface area contributed by atoms with Crippen molar-refractivity contribution >= 4 is 17.4 Å². The summed E-state index contributed by atoms with van der Waals surface area (Å²) >= 11 is 5.96. The van der Waals surface area contributed by atoms with Crippen molar-refractivity contribution in [2.24, 2.45) is 0 Å². The van der Waals surface area contributed by atoms with Crippen LogP contribution in [0.25, 0.3) is 0 Å². The van der Waals surface area contributed by atoms with Crippen LogP contribution in [-0.4, -0.2) is 16.0 Å². The lowest BCUT2D eigenvalue weighted by molar-refractivity contribution is 0.495. The monoisotopic (exact) mass is 251 g/mol. The summed E-state index contributed by atoms with van der Waals surface area (Å²) in [6, 6.07) is 4.14. The second-order valence-corrected chi connectivity index (χ2v) is 4.29. The SMILES string of the molecule is CC(CCc1ccco1)Nc1ncncc1Cl. The van der Waals surface area contributed by atoms with Gasteiger partial charge in [-0.1, -0.05) is 11.6 Å². The Labute approximate surface area is 105 Å². The summed E-state index contributed by atoms with van der Waals surface area (Å²) in [5.74, 6) is 1.67. The molecule has 1 atom stereocenters. The molecule has 2 rings (SSSR count). The molecule has 0 fully saturated rings. The predicted octanol–water partition coefficient (Wildman–Crippen LogP) is 3.16. The lowest BCUT2D eigenvalue weighted by Gasteiger charge is -2.14. The summed E-state index contributed by atoms with van der Waals surface area (Å²) in [5, 5.41) is 3.79. The van der Waals surface area contributed by atoms with Gasteiger partial charge < -0.3 is 9.73 Å². The van der Waals surface area contributed by atoms with Crippen LogP contribution < -0.4 is 5.32 Å². The van der Waals surface area contributed by atoms with Crippen molar-refractivity contribution < 1.29 is 4.42 Å². The zero-order valence-electron chi connectivity index (χ0n) is 9.56. The Kier molecular flexibility index (Phi) is 3.98. The summed E-state index contributed by atoms with van der Waals surface area (Å²) < 4.78 is 5.28. The average Bonchev–Trinajstić information content (AvgIpc) is 2.82. The number of hydrogen-bond donors (Lipinski definition) is 1. The molecule has 0 bridgehead atoms. The minimum atomic E-state index is 0.271. The number of aryl methyl sites for hydroxylation is 1. The molecular weight excluding hydrogens is 238 g/mol. The molecule has 2 aromatic rings. The molecule has 0 aliphatic carbocycles. The Bertz CT molecular complexity index is 459. The van der Waals surface area contributed by atoms with E-state index < -0.39 is 0 Å². The number of nitrogens with one attached hydrogen (secondary N) is 1. The van der Waals surface area contributed by atoms with Crippen LogP contribution in [0.4, 0.5) is 5.82 Å². The van der Waals surface area contributed by atoms with Gasteiger partial charge in [0, 0.05) is 12.5 Å². The molecule has 4 nitrogen and oxygen atoms in total. The standard InChI is InChI=1S/C12H14ClN3O/c1-9(4-5-10-3-2-6-17-10)16-12-11(13)7-14-8-15-12/h2-3,6-9H,4-5H2,1H3,(H,14,15,16). The van der Waals surface area contributed by atoms with Gasteiger partial charge in [0.05, 0.1) is 12.5 Å². The number of anilines is 1. The van der Waals surface area contributed by atoms with E-state index in [-0.39, 0.29) is 6.04 Å². The Morgan fingerprint density at radius 2 is 2.41 bits per heavy atom. The van der Waals surface area contributed by atoms with Crippen molar-refractivity contribution in [1.82, 2.24) is 9.97 Å². The summed E-state index contributed by atoms with van der Waals surface area (Å²) in [4.78, 5) is 7.93. The van der Waals surface area contributed by atoms with Gasteiger partial charge in [-0.25, -0.2) is 9.97 Å². The topological polar surface area (TPSA) is 51.0 Å². The molecule has 0 aliphatic heterocycles. The van der Waals surface area contributed by atoms with Gasteiger partial charge in [0.1, 0.15) is 22.9 Å². The summed E-state index contributed by atoms with van der Waals surface area (Å²) in [6.07, 6.45) is 6.59. The van der Waals surface area contributed by atoms with Gasteiger partial charge in [-0.15, -0.1) is 0 Å². The van der Waals surface area contributed by atoms with E-state index in [1.807, 2.05) is 12.1 Å². The van der Waals surface area contributed by atoms with Crippen LogP contribution >= 0.6 is 11.6 Å². The van der Waals surface area contributed by atoms with Crippen LogP contribution in [0.5, 0.6) is 0 Å².